The Bertz CT molecular complexity index is 713. The van der Waals surface area contributed by atoms with Gasteiger partial charge in [-0.25, -0.2) is 0 Å². The van der Waals surface area contributed by atoms with Crippen LogP contribution in [0.25, 0.3) is 0 Å². The van der Waals surface area contributed by atoms with Gasteiger partial charge in [0.15, 0.2) is 11.5 Å². The Morgan fingerprint density at radius 2 is 1.71 bits per heavy atom. The summed E-state index contributed by atoms with van der Waals surface area (Å²) >= 11 is 0. The van der Waals surface area contributed by atoms with Gasteiger partial charge >= 0.3 is 0 Å². The summed E-state index contributed by atoms with van der Waals surface area (Å²) in [6.45, 7) is 2.42. The van der Waals surface area contributed by atoms with Crippen LogP contribution in [-0.2, 0) is 6.42 Å². The molecule has 0 aliphatic carbocycles. The molecule has 0 radical (unpaired) electrons. The van der Waals surface area contributed by atoms with Gasteiger partial charge in [0.2, 0.25) is 0 Å². The van der Waals surface area contributed by atoms with Crippen LogP contribution in [0.5, 0.6) is 17.2 Å². The van der Waals surface area contributed by atoms with Crippen LogP contribution in [0.15, 0.2) is 36.4 Å². The number of methoxy groups -OCH3 is 3. The number of carbonyl (C=O) groups is 1. The van der Waals surface area contributed by atoms with E-state index in [2.05, 4.69) is 5.32 Å². The van der Waals surface area contributed by atoms with Crippen molar-refractivity contribution in [3.8, 4) is 17.2 Å². The first-order valence-electron chi connectivity index (χ1n) is 7.72. The maximum atomic E-state index is 12.4. The fourth-order valence-electron chi connectivity index (χ4n) is 2.47. The van der Waals surface area contributed by atoms with E-state index >= 15 is 0 Å². The van der Waals surface area contributed by atoms with Crippen LogP contribution in [0.2, 0.25) is 0 Å². The Labute approximate surface area is 142 Å². The molecule has 1 amide bonds. The van der Waals surface area contributed by atoms with Gasteiger partial charge in [0.1, 0.15) is 5.75 Å². The molecule has 0 saturated heterocycles. The summed E-state index contributed by atoms with van der Waals surface area (Å²) in [6.07, 6.45) is 0.731. The van der Waals surface area contributed by atoms with E-state index in [0.717, 1.165) is 23.3 Å². The molecule has 0 bridgehead atoms. The van der Waals surface area contributed by atoms with Crippen LogP contribution in [0.1, 0.15) is 21.5 Å². The van der Waals surface area contributed by atoms with Crippen molar-refractivity contribution in [2.24, 2.45) is 0 Å². The number of rotatable bonds is 7. The van der Waals surface area contributed by atoms with E-state index in [1.165, 1.54) is 0 Å². The molecule has 2 aromatic rings. The first-order chi connectivity index (χ1) is 11.6. The highest BCUT2D eigenvalue weighted by atomic mass is 16.5. The minimum absolute atomic E-state index is 0.128. The minimum Gasteiger partial charge on any atom is -0.497 e. The van der Waals surface area contributed by atoms with Crippen molar-refractivity contribution in [2.75, 3.05) is 27.9 Å². The average Bonchev–Trinajstić information content (AvgIpc) is 2.61. The molecule has 0 aliphatic heterocycles. The fourth-order valence-corrected chi connectivity index (χ4v) is 2.47. The molecule has 1 N–H and O–H groups in total. The van der Waals surface area contributed by atoms with E-state index in [0.29, 0.717) is 23.6 Å². The number of hydrogen-bond acceptors (Lipinski definition) is 4. The topological polar surface area (TPSA) is 56.8 Å². The maximum Gasteiger partial charge on any atom is 0.251 e. The average molecular weight is 329 g/mol. The second-order valence-corrected chi connectivity index (χ2v) is 5.38. The van der Waals surface area contributed by atoms with Crippen LogP contribution in [-0.4, -0.2) is 33.8 Å². The van der Waals surface area contributed by atoms with Gasteiger partial charge in [0.25, 0.3) is 5.91 Å². The van der Waals surface area contributed by atoms with Crippen molar-refractivity contribution in [1.29, 1.82) is 0 Å². The summed E-state index contributed by atoms with van der Waals surface area (Å²) in [6, 6.07) is 11.3. The highest BCUT2D eigenvalue weighted by molar-refractivity contribution is 5.96. The molecule has 0 atom stereocenters. The van der Waals surface area contributed by atoms with Crippen LogP contribution < -0.4 is 19.5 Å². The van der Waals surface area contributed by atoms with Crippen molar-refractivity contribution in [3.05, 3.63) is 53.1 Å². The lowest BCUT2D eigenvalue weighted by atomic mass is 10.1. The third-order valence-corrected chi connectivity index (χ3v) is 3.81. The van der Waals surface area contributed by atoms with Crippen molar-refractivity contribution < 1.29 is 19.0 Å². The Hall–Kier alpha value is -2.69. The molecule has 0 saturated carbocycles. The molecule has 5 heteroatoms. The Balaban J connectivity index is 2.02. The summed E-state index contributed by atoms with van der Waals surface area (Å²) in [4.78, 5) is 12.4. The monoisotopic (exact) mass is 329 g/mol. The molecular formula is C19H23NO4. The quantitative estimate of drug-likeness (QED) is 0.848. The maximum absolute atomic E-state index is 12.4. The highest BCUT2D eigenvalue weighted by Crippen LogP contribution is 2.30. The normalized spacial score (nSPS) is 10.2. The van der Waals surface area contributed by atoms with Crippen LogP contribution in [0.4, 0.5) is 0 Å². The van der Waals surface area contributed by atoms with Crippen molar-refractivity contribution in [3.63, 3.8) is 0 Å². The molecule has 5 nitrogen and oxygen atoms in total. The smallest absolute Gasteiger partial charge is 0.251 e. The molecule has 128 valence electrons. The summed E-state index contributed by atoms with van der Waals surface area (Å²) in [5.74, 6) is 1.84. The van der Waals surface area contributed by atoms with Gasteiger partial charge in [0.05, 0.1) is 21.3 Å². The molecule has 2 rings (SSSR count). The molecular weight excluding hydrogens is 306 g/mol. The van der Waals surface area contributed by atoms with E-state index in [-0.39, 0.29) is 5.91 Å². The third kappa shape index (κ3) is 4.19. The summed E-state index contributed by atoms with van der Waals surface area (Å²) < 4.78 is 15.7. The second kappa shape index (κ2) is 8.24. The Morgan fingerprint density at radius 1 is 1.00 bits per heavy atom. The number of carbonyl (C=O) groups excluding carboxylic acids is 1. The minimum atomic E-state index is -0.128. The number of hydrogen-bond donors (Lipinski definition) is 1. The first-order valence-corrected chi connectivity index (χ1v) is 7.72. The zero-order valence-electron chi connectivity index (χ0n) is 14.5. The molecule has 0 spiro atoms. The van der Waals surface area contributed by atoms with E-state index in [1.54, 1.807) is 33.5 Å². The molecule has 0 aromatic heterocycles. The van der Waals surface area contributed by atoms with E-state index in [9.17, 15) is 4.79 Å². The van der Waals surface area contributed by atoms with Gasteiger partial charge in [-0.3, -0.25) is 4.79 Å². The number of amides is 1. The SMILES string of the molecule is COc1cccc(CCNC(=O)c2cc(OC)c(OC)cc2C)c1. The first kappa shape index (κ1) is 17.7. The number of ether oxygens (including phenoxy) is 3. The molecule has 0 unspecified atom stereocenters. The summed E-state index contributed by atoms with van der Waals surface area (Å²) in [7, 11) is 4.77. The van der Waals surface area contributed by atoms with Crippen molar-refractivity contribution in [1.82, 2.24) is 5.32 Å². The lowest BCUT2D eigenvalue weighted by Crippen LogP contribution is -2.26. The molecule has 2 aromatic carbocycles. The van der Waals surface area contributed by atoms with Gasteiger partial charge in [0, 0.05) is 12.1 Å². The Morgan fingerprint density at radius 3 is 2.38 bits per heavy atom. The Kier molecular flexibility index (Phi) is 6.07. The van der Waals surface area contributed by atoms with Crippen molar-refractivity contribution >= 4 is 5.91 Å². The summed E-state index contributed by atoms with van der Waals surface area (Å²) in [5, 5.41) is 2.94. The predicted molar refractivity (Wildman–Crippen MR) is 93.3 cm³/mol. The van der Waals surface area contributed by atoms with Gasteiger partial charge in [-0.1, -0.05) is 12.1 Å². The molecule has 0 fully saturated rings. The number of benzene rings is 2. The van der Waals surface area contributed by atoms with Crippen LogP contribution in [0.3, 0.4) is 0 Å². The molecule has 0 aliphatic rings. The lowest BCUT2D eigenvalue weighted by molar-refractivity contribution is 0.0953. The third-order valence-electron chi connectivity index (χ3n) is 3.81. The van der Waals surface area contributed by atoms with Gasteiger partial charge in [-0.15, -0.1) is 0 Å². The van der Waals surface area contributed by atoms with Crippen LogP contribution in [0, 0.1) is 6.92 Å². The summed E-state index contributed by atoms with van der Waals surface area (Å²) in [5.41, 5.74) is 2.53. The predicted octanol–water partition coefficient (Wildman–Crippen LogP) is 2.99. The van der Waals surface area contributed by atoms with Gasteiger partial charge in [-0.2, -0.15) is 0 Å². The number of aryl methyl sites for hydroxylation is 1. The van der Waals surface area contributed by atoms with Crippen molar-refractivity contribution in [2.45, 2.75) is 13.3 Å². The number of nitrogens with one attached hydrogen (secondary N) is 1. The van der Waals surface area contributed by atoms with Gasteiger partial charge < -0.3 is 19.5 Å². The highest BCUT2D eigenvalue weighted by Gasteiger charge is 2.14. The lowest BCUT2D eigenvalue weighted by Gasteiger charge is -2.13. The molecule has 24 heavy (non-hydrogen) atoms. The van der Waals surface area contributed by atoms with E-state index < -0.39 is 0 Å². The standard InChI is InChI=1S/C19H23NO4/c1-13-10-17(23-3)18(24-4)12-16(13)19(21)20-9-8-14-6-5-7-15(11-14)22-2/h5-7,10-12H,8-9H2,1-4H3,(H,20,21). The van der Waals surface area contributed by atoms with Crippen LogP contribution >= 0.6 is 0 Å². The molecule has 0 heterocycles. The fraction of sp³-hybridized carbons (Fsp3) is 0.316. The van der Waals surface area contributed by atoms with Gasteiger partial charge in [-0.05, 0) is 48.7 Å². The zero-order chi connectivity index (χ0) is 17.5. The second-order valence-electron chi connectivity index (χ2n) is 5.38. The zero-order valence-corrected chi connectivity index (χ0v) is 14.5. The van der Waals surface area contributed by atoms with E-state index in [4.69, 9.17) is 14.2 Å². The largest absolute Gasteiger partial charge is 0.497 e. The van der Waals surface area contributed by atoms with E-state index in [1.807, 2.05) is 31.2 Å².